The van der Waals surface area contributed by atoms with E-state index >= 15 is 0 Å². The average molecular weight is 294 g/mol. The molecule has 120 valence electrons. The zero-order chi connectivity index (χ0) is 15.4. The third kappa shape index (κ3) is 5.24. The van der Waals surface area contributed by atoms with Gasteiger partial charge in [0.15, 0.2) is 0 Å². The SMILES string of the molecule is CCCNC1C(N(C)CCC(F)(F)F)CCCC1(C)C. The maximum atomic E-state index is 12.4. The number of hydrogen-bond donors (Lipinski definition) is 1. The van der Waals surface area contributed by atoms with Gasteiger partial charge >= 0.3 is 6.18 Å². The minimum absolute atomic E-state index is 0.0918. The molecule has 0 aromatic rings. The highest BCUT2D eigenvalue weighted by Crippen LogP contribution is 2.37. The predicted octanol–water partition coefficient (Wildman–Crippen LogP) is 3.82. The van der Waals surface area contributed by atoms with Gasteiger partial charge in [-0.25, -0.2) is 0 Å². The van der Waals surface area contributed by atoms with Gasteiger partial charge in [0.25, 0.3) is 0 Å². The lowest BCUT2D eigenvalue weighted by atomic mass is 9.70. The van der Waals surface area contributed by atoms with Crippen LogP contribution in [0.1, 0.15) is 52.9 Å². The third-order valence-corrected chi connectivity index (χ3v) is 4.48. The molecule has 0 spiro atoms. The first kappa shape index (κ1) is 17.8. The molecule has 0 heterocycles. The van der Waals surface area contributed by atoms with Gasteiger partial charge in [-0.15, -0.1) is 0 Å². The molecule has 0 aromatic heterocycles. The molecule has 0 saturated heterocycles. The molecule has 1 aliphatic carbocycles. The molecule has 1 fully saturated rings. The number of likely N-dealkylation sites (N-methyl/N-ethyl adjacent to an activating group) is 1. The standard InChI is InChI=1S/C15H29F3N2/c1-5-10-19-13-12(7-6-8-14(13,2)3)20(4)11-9-15(16,17)18/h12-13,19H,5-11H2,1-4H3. The van der Waals surface area contributed by atoms with Gasteiger partial charge < -0.3 is 10.2 Å². The fraction of sp³-hybridized carbons (Fsp3) is 1.00. The lowest BCUT2D eigenvalue weighted by Crippen LogP contribution is -2.58. The second-order valence-electron chi connectivity index (χ2n) is 6.73. The van der Waals surface area contributed by atoms with Gasteiger partial charge in [-0.2, -0.15) is 13.2 Å². The van der Waals surface area contributed by atoms with Gasteiger partial charge in [0, 0.05) is 18.6 Å². The summed E-state index contributed by atoms with van der Waals surface area (Å²) in [5, 5.41) is 3.57. The maximum absolute atomic E-state index is 12.4. The predicted molar refractivity (Wildman–Crippen MR) is 76.8 cm³/mol. The van der Waals surface area contributed by atoms with Crippen molar-refractivity contribution in [1.82, 2.24) is 10.2 Å². The Kier molecular flexibility index (Phi) is 6.32. The van der Waals surface area contributed by atoms with E-state index < -0.39 is 12.6 Å². The zero-order valence-electron chi connectivity index (χ0n) is 13.2. The number of rotatable bonds is 6. The van der Waals surface area contributed by atoms with Crippen LogP contribution in [0.5, 0.6) is 0 Å². The Balaban J connectivity index is 2.67. The van der Waals surface area contributed by atoms with E-state index in [1.54, 1.807) is 0 Å². The van der Waals surface area contributed by atoms with Crippen molar-refractivity contribution in [2.75, 3.05) is 20.1 Å². The van der Waals surface area contributed by atoms with Gasteiger partial charge in [-0.05, 0) is 38.3 Å². The molecule has 1 aliphatic rings. The van der Waals surface area contributed by atoms with Gasteiger partial charge in [-0.3, -0.25) is 0 Å². The van der Waals surface area contributed by atoms with E-state index in [1.807, 2.05) is 11.9 Å². The normalized spacial score (nSPS) is 27.0. The second kappa shape index (κ2) is 7.12. The van der Waals surface area contributed by atoms with Crippen molar-refractivity contribution in [2.24, 2.45) is 5.41 Å². The van der Waals surface area contributed by atoms with Gasteiger partial charge in [0.2, 0.25) is 0 Å². The number of halogens is 3. The highest BCUT2D eigenvalue weighted by molar-refractivity contribution is 4.97. The summed E-state index contributed by atoms with van der Waals surface area (Å²) < 4.78 is 37.2. The van der Waals surface area contributed by atoms with Crippen molar-refractivity contribution in [3.05, 3.63) is 0 Å². The summed E-state index contributed by atoms with van der Waals surface area (Å²) in [4.78, 5) is 1.90. The first-order valence-corrected chi connectivity index (χ1v) is 7.68. The summed E-state index contributed by atoms with van der Waals surface area (Å²) in [6.45, 7) is 7.59. The van der Waals surface area contributed by atoms with E-state index in [4.69, 9.17) is 0 Å². The second-order valence-corrected chi connectivity index (χ2v) is 6.73. The summed E-state index contributed by atoms with van der Waals surface area (Å²) in [6, 6.07) is 0.474. The van der Waals surface area contributed by atoms with Crippen LogP contribution in [0.15, 0.2) is 0 Å². The van der Waals surface area contributed by atoms with Crippen molar-refractivity contribution < 1.29 is 13.2 Å². The molecular weight excluding hydrogens is 265 g/mol. The zero-order valence-corrected chi connectivity index (χ0v) is 13.2. The van der Waals surface area contributed by atoms with Gasteiger partial charge in [-0.1, -0.05) is 27.2 Å². The summed E-state index contributed by atoms with van der Waals surface area (Å²) in [7, 11) is 1.83. The van der Waals surface area contributed by atoms with Crippen LogP contribution in [-0.4, -0.2) is 43.3 Å². The van der Waals surface area contributed by atoms with Crippen molar-refractivity contribution in [3.63, 3.8) is 0 Å². The first-order chi connectivity index (χ1) is 9.17. The lowest BCUT2D eigenvalue weighted by Gasteiger charge is -2.48. The Morgan fingerprint density at radius 1 is 1.30 bits per heavy atom. The van der Waals surface area contributed by atoms with Crippen molar-refractivity contribution in [2.45, 2.75) is 71.1 Å². The van der Waals surface area contributed by atoms with Crippen LogP contribution in [0.3, 0.4) is 0 Å². The topological polar surface area (TPSA) is 15.3 Å². The molecule has 2 nitrogen and oxygen atoms in total. The molecule has 1 rings (SSSR count). The molecule has 0 radical (unpaired) electrons. The molecular formula is C15H29F3N2. The quantitative estimate of drug-likeness (QED) is 0.801. The van der Waals surface area contributed by atoms with E-state index in [0.29, 0.717) is 0 Å². The lowest BCUT2D eigenvalue weighted by molar-refractivity contribution is -0.139. The number of hydrogen-bond acceptors (Lipinski definition) is 2. The highest BCUT2D eigenvalue weighted by Gasteiger charge is 2.40. The largest absolute Gasteiger partial charge is 0.390 e. The summed E-state index contributed by atoms with van der Waals surface area (Å²) in [6.07, 6.45) is -0.521. The van der Waals surface area contributed by atoms with Gasteiger partial charge in [0.05, 0.1) is 6.42 Å². The summed E-state index contributed by atoms with van der Waals surface area (Å²) in [5.74, 6) is 0. The Labute approximate surface area is 121 Å². The third-order valence-electron chi connectivity index (χ3n) is 4.48. The Morgan fingerprint density at radius 3 is 2.50 bits per heavy atom. The van der Waals surface area contributed by atoms with E-state index in [9.17, 15) is 13.2 Å². The number of alkyl halides is 3. The Hall–Kier alpha value is -0.290. The Bertz CT molecular complexity index is 289. The minimum Gasteiger partial charge on any atom is -0.312 e. The molecule has 2 atom stereocenters. The van der Waals surface area contributed by atoms with Crippen molar-refractivity contribution >= 4 is 0 Å². The molecule has 0 aromatic carbocycles. The fourth-order valence-electron chi connectivity index (χ4n) is 3.27. The summed E-state index contributed by atoms with van der Waals surface area (Å²) in [5.41, 5.74) is 0.143. The smallest absolute Gasteiger partial charge is 0.312 e. The van der Waals surface area contributed by atoms with Crippen LogP contribution < -0.4 is 5.32 Å². The van der Waals surface area contributed by atoms with Gasteiger partial charge in [0.1, 0.15) is 0 Å². The van der Waals surface area contributed by atoms with E-state index in [-0.39, 0.29) is 24.0 Å². The average Bonchev–Trinajstić information content (AvgIpc) is 2.32. The molecule has 2 unspecified atom stereocenters. The van der Waals surface area contributed by atoms with Crippen LogP contribution in [0.4, 0.5) is 13.2 Å². The van der Waals surface area contributed by atoms with Crippen LogP contribution in [0.2, 0.25) is 0 Å². The van der Waals surface area contributed by atoms with E-state index in [0.717, 1.165) is 32.2 Å². The molecule has 1 N–H and O–H groups in total. The maximum Gasteiger partial charge on any atom is 0.390 e. The minimum atomic E-state index is -4.06. The monoisotopic (exact) mass is 294 g/mol. The van der Waals surface area contributed by atoms with E-state index in [1.165, 1.54) is 0 Å². The fourth-order valence-corrected chi connectivity index (χ4v) is 3.27. The van der Waals surface area contributed by atoms with Crippen LogP contribution >= 0.6 is 0 Å². The van der Waals surface area contributed by atoms with Crippen molar-refractivity contribution in [1.29, 1.82) is 0 Å². The van der Waals surface area contributed by atoms with Crippen LogP contribution in [0.25, 0.3) is 0 Å². The molecule has 5 heteroatoms. The highest BCUT2D eigenvalue weighted by atomic mass is 19.4. The molecule has 0 amide bonds. The van der Waals surface area contributed by atoms with Crippen molar-refractivity contribution in [3.8, 4) is 0 Å². The Morgan fingerprint density at radius 2 is 1.95 bits per heavy atom. The molecule has 20 heavy (non-hydrogen) atoms. The molecule has 0 bridgehead atoms. The van der Waals surface area contributed by atoms with Crippen LogP contribution in [0, 0.1) is 5.41 Å². The summed E-state index contributed by atoms with van der Waals surface area (Å²) >= 11 is 0. The molecule has 0 aliphatic heterocycles. The number of nitrogens with one attached hydrogen (secondary N) is 1. The first-order valence-electron chi connectivity index (χ1n) is 7.68. The van der Waals surface area contributed by atoms with E-state index in [2.05, 4.69) is 26.1 Å². The number of nitrogens with zero attached hydrogens (tertiary/aromatic N) is 1. The van der Waals surface area contributed by atoms with Crippen LogP contribution in [-0.2, 0) is 0 Å². The molecule has 1 saturated carbocycles.